The van der Waals surface area contributed by atoms with Crippen LogP contribution in [0.15, 0.2) is 63.8 Å². The lowest BCUT2D eigenvalue weighted by Crippen LogP contribution is -2.05. The van der Waals surface area contributed by atoms with Gasteiger partial charge in [-0.3, -0.25) is 9.59 Å². The Balaban J connectivity index is 2.11. The highest BCUT2D eigenvalue weighted by molar-refractivity contribution is 6.07. The molecule has 2 aliphatic rings. The lowest BCUT2D eigenvalue weighted by molar-refractivity contribution is -0.116. The van der Waals surface area contributed by atoms with Gasteiger partial charge in [0, 0.05) is 35.1 Å². The van der Waals surface area contributed by atoms with Crippen molar-refractivity contribution in [1.82, 2.24) is 0 Å². The molecule has 1 aliphatic heterocycles. The Morgan fingerprint density at radius 2 is 1.72 bits per heavy atom. The molecule has 0 fully saturated rings. The number of hydrogen-bond donors (Lipinski definition) is 2. The highest BCUT2D eigenvalue weighted by atomic mass is 16.4. The van der Waals surface area contributed by atoms with Gasteiger partial charge in [-0.25, -0.2) is 4.79 Å². The molecule has 4 rings (SSSR count). The van der Waals surface area contributed by atoms with Crippen molar-refractivity contribution in [2.45, 2.75) is 13.3 Å². The summed E-state index contributed by atoms with van der Waals surface area (Å²) < 4.78 is 5.79. The second-order valence-electron chi connectivity index (χ2n) is 6.88. The van der Waals surface area contributed by atoms with Crippen LogP contribution in [0.2, 0.25) is 0 Å². The first-order chi connectivity index (χ1) is 13.8. The first kappa shape index (κ1) is 18.4. The van der Waals surface area contributed by atoms with E-state index in [0.29, 0.717) is 33.2 Å². The van der Waals surface area contributed by atoms with E-state index in [9.17, 15) is 24.6 Å². The van der Waals surface area contributed by atoms with E-state index in [1.54, 1.807) is 24.3 Å². The first-order valence-electron chi connectivity index (χ1n) is 8.89. The number of fused-ring (bicyclic) bond motifs is 2. The van der Waals surface area contributed by atoms with Crippen molar-refractivity contribution in [3.05, 3.63) is 75.9 Å². The Labute approximate surface area is 165 Å². The molecule has 0 aromatic heterocycles. The fraction of sp³-hybridized carbons (Fsp3) is 0.0870. The van der Waals surface area contributed by atoms with Crippen molar-refractivity contribution in [3.63, 3.8) is 0 Å². The maximum Gasteiger partial charge on any atom is 0.336 e. The summed E-state index contributed by atoms with van der Waals surface area (Å²) in [6.45, 7) is 1.45. The quantitative estimate of drug-likeness (QED) is 0.510. The molecule has 2 aromatic carbocycles. The molecule has 6 nitrogen and oxygen atoms in total. The molecule has 1 heterocycles. The molecule has 0 atom stereocenters. The average molecular weight is 388 g/mol. The van der Waals surface area contributed by atoms with Gasteiger partial charge in [0.2, 0.25) is 0 Å². The molecule has 0 radical (unpaired) electrons. The summed E-state index contributed by atoms with van der Waals surface area (Å²) >= 11 is 0. The molecule has 29 heavy (non-hydrogen) atoms. The summed E-state index contributed by atoms with van der Waals surface area (Å²) in [7, 11) is 0. The largest absolute Gasteiger partial charge is 0.508 e. The molecular formula is C23H16O6. The van der Waals surface area contributed by atoms with Gasteiger partial charge >= 0.3 is 5.97 Å². The first-order valence-corrected chi connectivity index (χ1v) is 8.89. The number of carbonyl (C=O) groups is 2. The molecule has 0 saturated carbocycles. The van der Waals surface area contributed by atoms with Crippen LogP contribution in [0.1, 0.15) is 22.8 Å². The van der Waals surface area contributed by atoms with Crippen LogP contribution >= 0.6 is 0 Å². The number of benzene rings is 3. The number of phenols is 1. The van der Waals surface area contributed by atoms with Gasteiger partial charge in [-0.1, -0.05) is 12.1 Å². The number of phenolic OH excluding ortho intramolecular Hbond substituents is 1. The van der Waals surface area contributed by atoms with Crippen LogP contribution in [0, 0.1) is 0 Å². The lowest BCUT2D eigenvalue weighted by atomic mass is 9.89. The minimum atomic E-state index is -1.13. The normalized spacial score (nSPS) is 11.1. The second kappa shape index (κ2) is 6.91. The molecule has 0 amide bonds. The molecule has 2 N–H and O–H groups in total. The molecule has 0 unspecified atom stereocenters. The molecule has 0 spiro atoms. The van der Waals surface area contributed by atoms with Gasteiger partial charge in [-0.2, -0.15) is 0 Å². The smallest absolute Gasteiger partial charge is 0.336 e. The van der Waals surface area contributed by atoms with E-state index < -0.39 is 5.97 Å². The molecule has 0 bridgehead atoms. The molecule has 0 saturated heterocycles. The zero-order valence-electron chi connectivity index (χ0n) is 15.4. The number of aromatic carboxylic acids is 1. The summed E-state index contributed by atoms with van der Waals surface area (Å²) in [4.78, 5) is 35.3. The van der Waals surface area contributed by atoms with Crippen molar-refractivity contribution >= 4 is 22.7 Å². The standard InChI is InChI=1S/C23H16O6/c1-12(24)8-13-2-5-16(19(9-13)23(27)28)22-17-6-3-14(25)10-20(17)29-21-11-15(26)4-7-18(21)22/h2-7,9-11,25H,8H2,1H3,(H,27,28). The molecule has 6 heteroatoms. The molecular weight excluding hydrogens is 372 g/mol. The van der Waals surface area contributed by atoms with Gasteiger partial charge in [-0.15, -0.1) is 0 Å². The summed E-state index contributed by atoms with van der Waals surface area (Å²) in [5, 5.41) is 20.2. The van der Waals surface area contributed by atoms with E-state index in [1.807, 2.05) is 0 Å². The summed E-state index contributed by atoms with van der Waals surface area (Å²) in [6.07, 6.45) is 0.138. The zero-order valence-corrected chi connectivity index (χ0v) is 15.4. The van der Waals surface area contributed by atoms with Crippen molar-refractivity contribution in [1.29, 1.82) is 0 Å². The average Bonchev–Trinajstić information content (AvgIpc) is 2.65. The van der Waals surface area contributed by atoms with Gasteiger partial charge in [0.25, 0.3) is 0 Å². The fourth-order valence-corrected chi connectivity index (χ4v) is 3.53. The Kier molecular flexibility index (Phi) is 4.39. The maximum absolute atomic E-state index is 12.0. The lowest BCUT2D eigenvalue weighted by Gasteiger charge is -2.17. The topological polar surface area (TPSA) is 105 Å². The third-order valence-corrected chi connectivity index (χ3v) is 4.71. The number of rotatable bonds is 4. The minimum Gasteiger partial charge on any atom is -0.508 e. The third kappa shape index (κ3) is 3.36. The van der Waals surface area contributed by atoms with Gasteiger partial charge in [0.05, 0.1) is 5.56 Å². The monoisotopic (exact) mass is 388 g/mol. The van der Waals surface area contributed by atoms with E-state index in [-0.39, 0.29) is 34.7 Å². The number of carboxylic acids is 1. The molecule has 2 aromatic rings. The van der Waals surface area contributed by atoms with Crippen molar-refractivity contribution < 1.29 is 24.2 Å². The van der Waals surface area contributed by atoms with Crippen LogP contribution in [0.4, 0.5) is 0 Å². The van der Waals surface area contributed by atoms with Crippen molar-refractivity contribution in [3.8, 4) is 28.2 Å². The number of hydrogen-bond acceptors (Lipinski definition) is 5. The highest BCUT2D eigenvalue weighted by Crippen LogP contribution is 2.42. The van der Waals surface area contributed by atoms with Gasteiger partial charge in [0.15, 0.2) is 5.43 Å². The number of carboxylic acid groups (broad SMARTS) is 1. The van der Waals surface area contributed by atoms with Crippen LogP contribution in [-0.4, -0.2) is 22.0 Å². The summed E-state index contributed by atoms with van der Waals surface area (Å²) in [5.74, 6) is -0.927. The van der Waals surface area contributed by atoms with Crippen LogP contribution in [0.5, 0.6) is 5.75 Å². The van der Waals surface area contributed by atoms with Crippen molar-refractivity contribution in [2.24, 2.45) is 0 Å². The Hall–Kier alpha value is -3.93. The Bertz CT molecular complexity index is 1310. The number of carbonyl (C=O) groups excluding carboxylic acids is 1. The minimum absolute atomic E-state index is 0.0138. The van der Waals surface area contributed by atoms with E-state index >= 15 is 0 Å². The van der Waals surface area contributed by atoms with E-state index in [0.717, 1.165) is 0 Å². The van der Waals surface area contributed by atoms with Gasteiger partial charge in [0.1, 0.15) is 22.9 Å². The zero-order chi connectivity index (χ0) is 20.7. The Morgan fingerprint density at radius 1 is 0.966 bits per heavy atom. The van der Waals surface area contributed by atoms with Crippen LogP contribution in [0.25, 0.3) is 33.4 Å². The third-order valence-electron chi connectivity index (χ3n) is 4.71. The molecule has 144 valence electrons. The SMILES string of the molecule is CC(=O)Cc1ccc(-c2c3ccc(=O)cc-3oc3cc(O)ccc23)c(C(=O)O)c1. The summed E-state index contributed by atoms with van der Waals surface area (Å²) in [5.41, 5.74) is 2.30. The Morgan fingerprint density at radius 3 is 2.45 bits per heavy atom. The number of Topliss-reactive ketones (excluding diaryl/α,β-unsaturated/α-hetero) is 1. The number of aromatic hydroxyl groups is 1. The highest BCUT2D eigenvalue weighted by Gasteiger charge is 2.22. The van der Waals surface area contributed by atoms with E-state index in [1.165, 1.54) is 37.3 Å². The van der Waals surface area contributed by atoms with Crippen LogP contribution < -0.4 is 5.43 Å². The predicted octanol–water partition coefficient (Wildman–Crippen LogP) is 4.10. The van der Waals surface area contributed by atoms with E-state index in [2.05, 4.69) is 0 Å². The predicted molar refractivity (Wildman–Crippen MR) is 108 cm³/mol. The van der Waals surface area contributed by atoms with Gasteiger partial charge in [-0.05, 0) is 48.4 Å². The number of ketones is 1. The van der Waals surface area contributed by atoms with Crippen molar-refractivity contribution in [2.75, 3.05) is 0 Å². The van der Waals surface area contributed by atoms with E-state index in [4.69, 9.17) is 4.42 Å². The maximum atomic E-state index is 12.0. The molecule has 1 aliphatic carbocycles. The second-order valence-corrected chi connectivity index (χ2v) is 6.88. The summed E-state index contributed by atoms with van der Waals surface area (Å²) in [6, 6.07) is 13.7. The van der Waals surface area contributed by atoms with Gasteiger partial charge < -0.3 is 14.6 Å². The fourth-order valence-electron chi connectivity index (χ4n) is 3.53. The van der Waals surface area contributed by atoms with Crippen LogP contribution in [-0.2, 0) is 11.2 Å². The van der Waals surface area contributed by atoms with Crippen LogP contribution in [0.3, 0.4) is 0 Å².